The average Bonchev–Trinajstić information content (AvgIpc) is 2.60. The van der Waals surface area contributed by atoms with Crippen molar-refractivity contribution in [3.05, 3.63) is 65.2 Å². The Balaban J connectivity index is 1.82. The lowest BCUT2D eigenvalue weighted by Gasteiger charge is -2.17. The van der Waals surface area contributed by atoms with Crippen LogP contribution >= 0.6 is 11.8 Å². The first-order valence-electron chi connectivity index (χ1n) is 8.19. The van der Waals surface area contributed by atoms with Gasteiger partial charge in [-0.05, 0) is 36.6 Å². The fraction of sp³-hybridized carbons (Fsp3) is 0.350. The average molecular weight is 343 g/mol. The lowest BCUT2D eigenvalue weighted by atomic mass is 10.0. The van der Waals surface area contributed by atoms with Crippen LogP contribution in [0.5, 0.6) is 5.75 Å². The highest BCUT2D eigenvalue weighted by molar-refractivity contribution is 7.99. The van der Waals surface area contributed by atoms with E-state index in [1.807, 2.05) is 24.3 Å². The Morgan fingerprint density at radius 2 is 1.96 bits per heavy atom. The summed E-state index contributed by atoms with van der Waals surface area (Å²) in [4.78, 5) is 12.2. The van der Waals surface area contributed by atoms with E-state index in [0.717, 1.165) is 23.5 Å². The highest BCUT2D eigenvalue weighted by Gasteiger charge is 2.12. The molecule has 0 aliphatic carbocycles. The van der Waals surface area contributed by atoms with E-state index in [-0.39, 0.29) is 11.9 Å². The summed E-state index contributed by atoms with van der Waals surface area (Å²) in [5.74, 6) is 2.23. The topological polar surface area (TPSA) is 38.3 Å². The van der Waals surface area contributed by atoms with E-state index in [0.29, 0.717) is 5.75 Å². The van der Waals surface area contributed by atoms with Gasteiger partial charge in [0.15, 0.2) is 0 Å². The third-order valence-electron chi connectivity index (χ3n) is 3.85. The van der Waals surface area contributed by atoms with Crippen molar-refractivity contribution < 1.29 is 9.53 Å². The van der Waals surface area contributed by atoms with E-state index >= 15 is 0 Å². The molecule has 2 aromatic rings. The van der Waals surface area contributed by atoms with Gasteiger partial charge in [0.1, 0.15) is 5.75 Å². The van der Waals surface area contributed by atoms with Crippen LogP contribution in [-0.4, -0.2) is 18.8 Å². The highest BCUT2D eigenvalue weighted by Crippen LogP contribution is 2.20. The zero-order chi connectivity index (χ0) is 17.4. The third kappa shape index (κ3) is 5.60. The van der Waals surface area contributed by atoms with Gasteiger partial charge in [-0.25, -0.2) is 0 Å². The Hall–Kier alpha value is -1.94. The summed E-state index contributed by atoms with van der Waals surface area (Å²) in [5, 5.41) is 3.12. The largest absolute Gasteiger partial charge is 0.497 e. The molecule has 0 fully saturated rings. The highest BCUT2D eigenvalue weighted by atomic mass is 32.2. The summed E-state index contributed by atoms with van der Waals surface area (Å²) < 4.78 is 5.18. The molecule has 0 aromatic heterocycles. The minimum Gasteiger partial charge on any atom is -0.497 e. The van der Waals surface area contributed by atoms with Gasteiger partial charge in [0.05, 0.1) is 18.9 Å². The van der Waals surface area contributed by atoms with Crippen LogP contribution in [-0.2, 0) is 10.5 Å². The number of benzene rings is 2. The normalized spacial score (nSPS) is 11.8. The number of hydrogen-bond acceptors (Lipinski definition) is 3. The number of nitrogens with one attached hydrogen (secondary N) is 1. The van der Waals surface area contributed by atoms with Crippen molar-refractivity contribution in [3.8, 4) is 5.75 Å². The molecule has 1 atom stereocenters. The molecule has 4 heteroatoms. The summed E-state index contributed by atoms with van der Waals surface area (Å²) in [7, 11) is 1.65. The van der Waals surface area contributed by atoms with Crippen LogP contribution in [0.1, 0.15) is 36.1 Å². The van der Waals surface area contributed by atoms with Gasteiger partial charge < -0.3 is 10.1 Å². The number of carbonyl (C=O) groups is 1. The van der Waals surface area contributed by atoms with Gasteiger partial charge in [0.25, 0.3) is 0 Å². The molecule has 0 heterocycles. The van der Waals surface area contributed by atoms with Gasteiger partial charge in [0, 0.05) is 5.75 Å². The predicted octanol–water partition coefficient (Wildman–Crippen LogP) is 4.50. The maximum atomic E-state index is 12.2. The number of rotatable bonds is 8. The van der Waals surface area contributed by atoms with Crippen molar-refractivity contribution in [2.24, 2.45) is 0 Å². The van der Waals surface area contributed by atoms with E-state index in [1.165, 1.54) is 11.1 Å². The molecule has 128 valence electrons. The van der Waals surface area contributed by atoms with Crippen molar-refractivity contribution in [3.63, 3.8) is 0 Å². The molecule has 3 nitrogen and oxygen atoms in total. The predicted molar refractivity (Wildman–Crippen MR) is 102 cm³/mol. The SMILES string of the molecule is CC[C@H](NC(=O)CSCc1cccc(C)c1)c1ccc(OC)cc1. The number of ether oxygens (including phenoxy) is 1. The second kappa shape index (κ2) is 9.38. The van der Waals surface area contributed by atoms with Crippen LogP contribution in [0.25, 0.3) is 0 Å². The maximum absolute atomic E-state index is 12.2. The molecule has 0 saturated carbocycles. The zero-order valence-electron chi connectivity index (χ0n) is 14.5. The number of amides is 1. The Kier molecular flexibility index (Phi) is 7.19. The zero-order valence-corrected chi connectivity index (χ0v) is 15.4. The van der Waals surface area contributed by atoms with Crippen molar-refractivity contribution >= 4 is 17.7 Å². The summed E-state index contributed by atoms with van der Waals surface area (Å²) in [6, 6.07) is 16.3. The van der Waals surface area contributed by atoms with Crippen LogP contribution in [0.15, 0.2) is 48.5 Å². The fourth-order valence-corrected chi connectivity index (χ4v) is 3.34. The Labute approximate surface area is 148 Å². The molecular weight excluding hydrogens is 318 g/mol. The van der Waals surface area contributed by atoms with Crippen molar-refractivity contribution in [1.29, 1.82) is 0 Å². The molecule has 1 N–H and O–H groups in total. The van der Waals surface area contributed by atoms with Crippen molar-refractivity contribution in [1.82, 2.24) is 5.32 Å². The maximum Gasteiger partial charge on any atom is 0.230 e. The summed E-state index contributed by atoms with van der Waals surface area (Å²) >= 11 is 1.64. The van der Waals surface area contributed by atoms with E-state index in [4.69, 9.17) is 4.74 Å². The summed E-state index contributed by atoms with van der Waals surface area (Å²) in [6.45, 7) is 4.16. The summed E-state index contributed by atoms with van der Waals surface area (Å²) in [5.41, 5.74) is 3.62. The van der Waals surface area contributed by atoms with E-state index in [9.17, 15) is 4.79 Å². The van der Waals surface area contributed by atoms with Crippen LogP contribution < -0.4 is 10.1 Å². The first kappa shape index (κ1) is 18.4. The fourth-order valence-electron chi connectivity index (χ4n) is 2.56. The number of aryl methyl sites for hydroxylation is 1. The Morgan fingerprint density at radius 1 is 1.21 bits per heavy atom. The third-order valence-corrected chi connectivity index (χ3v) is 4.85. The van der Waals surface area contributed by atoms with E-state index in [1.54, 1.807) is 18.9 Å². The molecule has 0 unspecified atom stereocenters. The number of carbonyl (C=O) groups excluding carboxylic acids is 1. The van der Waals surface area contributed by atoms with E-state index < -0.39 is 0 Å². The second-order valence-corrected chi connectivity index (χ2v) is 6.77. The van der Waals surface area contributed by atoms with Gasteiger partial charge in [-0.15, -0.1) is 11.8 Å². The van der Waals surface area contributed by atoms with Crippen LogP contribution in [0.2, 0.25) is 0 Å². The lowest BCUT2D eigenvalue weighted by Crippen LogP contribution is -2.29. The van der Waals surface area contributed by atoms with Crippen LogP contribution in [0.3, 0.4) is 0 Å². The second-order valence-electron chi connectivity index (χ2n) is 5.78. The molecule has 24 heavy (non-hydrogen) atoms. The first-order chi connectivity index (χ1) is 11.6. The molecule has 0 saturated heterocycles. The monoisotopic (exact) mass is 343 g/mol. The van der Waals surface area contributed by atoms with Gasteiger partial charge >= 0.3 is 0 Å². The molecule has 0 aliphatic rings. The minimum atomic E-state index is 0.0444. The van der Waals surface area contributed by atoms with Gasteiger partial charge in [-0.2, -0.15) is 0 Å². The van der Waals surface area contributed by atoms with Crippen LogP contribution in [0, 0.1) is 6.92 Å². The molecule has 0 aliphatic heterocycles. The number of thioether (sulfide) groups is 1. The van der Waals surface area contributed by atoms with Crippen molar-refractivity contribution in [2.75, 3.05) is 12.9 Å². The number of methoxy groups -OCH3 is 1. The van der Waals surface area contributed by atoms with Gasteiger partial charge in [-0.3, -0.25) is 4.79 Å². The quantitative estimate of drug-likeness (QED) is 0.767. The lowest BCUT2D eigenvalue weighted by molar-refractivity contribution is -0.119. The molecule has 0 bridgehead atoms. The van der Waals surface area contributed by atoms with Crippen molar-refractivity contribution in [2.45, 2.75) is 32.1 Å². The molecule has 1 amide bonds. The molecule has 2 aromatic carbocycles. The Bertz CT molecular complexity index is 655. The van der Waals surface area contributed by atoms with Gasteiger partial charge in [0.2, 0.25) is 5.91 Å². The Morgan fingerprint density at radius 3 is 2.58 bits per heavy atom. The standard InChI is InChI=1S/C20H25NO2S/c1-4-19(17-8-10-18(23-3)11-9-17)21-20(22)14-24-13-16-7-5-6-15(2)12-16/h5-12,19H,4,13-14H2,1-3H3,(H,21,22)/t19-/m0/s1. The summed E-state index contributed by atoms with van der Waals surface area (Å²) in [6.07, 6.45) is 0.862. The molecule has 0 radical (unpaired) electrons. The first-order valence-corrected chi connectivity index (χ1v) is 9.34. The molecule has 2 rings (SSSR count). The number of hydrogen-bond donors (Lipinski definition) is 1. The van der Waals surface area contributed by atoms with Gasteiger partial charge in [-0.1, -0.05) is 48.9 Å². The molecule has 0 spiro atoms. The minimum absolute atomic E-state index is 0.0444. The molecular formula is C20H25NO2S. The van der Waals surface area contributed by atoms with Crippen LogP contribution in [0.4, 0.5) is 0 Å². The van der Waals surface area contributed by atoms with E-state index in [2.05, 4.69) is 43.4 Å². The smallest absolute Gasteiger partial charge is 0.230 e.